The molecule has 1 heterocycles. The number of nitrogens with one attached hydrogen (secondary N) is 1. The van der Waals surface area contributed by atoms with Crippen LogP contribution in [0.15, 0.2) is 60.4 Å². The molecular formula is C15H14N4O3. The zero-order valence-electron chi connectivity index (χ0n) is 11.7. The monoisotopic (exact) mass is 298 g/mol. The van der Waals surface area contributed by atoms with Gasteiger partial charge in [0.1, 0.15) is 24.4 Å². The average Bonchev–Trinajstić information content (AvgIpc) is 2.54. The molecule has 0 saturated carbocycles. The van der Waals surface area contributed by atoms with E-state index >= 15 is 0 Å². The molecule has 0 radical (unpaired) electrons. The number of hydrazone groups is 1. The Hall–Kier alpha value is -3.22. The number of nitro groups is 1. The third kappa shape index (κ3) is 4.41. The summed E-state index contributed by atoms with van der Waals surface area (Å²) in [6, 6.07) is 10.2. The molecule has 0 unspecified atom stereocenters. The Morgan fingerprint density at radius 3 is 2.68 bits per heavy atom. The molecule has 2 aromatic rings. The van der Waals surface area contributed by atoms with Crippen LogP contribution in [-0.4, -0.2) is 22.7 Å². The Kier molecular flexibility index (Phi) is 5.20. The quantitative estimate of drug-likeness (QED) is 0.367. The van der Waals surface area contributed by atoms with Crippen LogP contribution in [0.4, 0.5) is 11.5 Å². The molecule has 7 heteroatoms. The molecule has 1 aromatic carbocycles. The lowest BCUT2D eigenvalue weighted by Crippen LogP contribution is -1.95. The van der Waals surface area contributed by atoms with Crippen molar-refractivity contribution in [1.29, 1.82) is 0 Å². The summed E-state index contributed by atoms with van der Waals surface area (Å²) in [7, 11) is 0. The van der Waals surface area contributed by atoms with E-state index in [1.165, 1.54) is 18.3 Å². The summed E-state index contributed by atoms with van der Waals surface area (Å²) >= 11 is 0. The largest absolute Gasteiger partial charge is 0.490 e. The van der Waals surface area contributed by atoms with Gasteiger partial charge in [0.15, 0.2) is 0 Å². The van der Waals surface area contributed by atoms with Gasteiger partial charge >= 0.3 is 0 Å². The maximum atomic E-state index is 10.5. The Bertz CT molecular complexity index is 666. The molecule has 0 atom stereocenters. The minimum Gasteiger partial charge on any atom is -0.490 e. The van der Waals surface area contributed by atoms with Crippen molar-refractivity contribution in [1.82, 2.24) is 4.98 Å². The minimum absolute atomic E-state index is 0.0651. The van der Waals surface area contributed by atoms with Crippen LogP contribution in [0.25, 0.3) is 0 Å². The van der Waals surface area contributed by atoms with Gasteiger partial charge in [0, 0.05) is 6.07 Å². The SMILES string of the molecule is C=CCOc1ccc(/C=N/Nc2ccc([N+](=O)[O-])cn2)cc1. The Labute approximate surface area is 127 Å². The van der Waals surface area contributed by atoms with E-state index in [2.05, 4.69) is 22.1 Å². The molecule has 0 saturated heterocycles. The first kappa shape index (κ1) is 15.2. The van der Waals surface area contributed by atoms with Crippen molar-refractivity contribution in [2.75, 3.05) is 12.0 Å². The standard InChI is InChI=1S/C15H14N4O3/c1-2-9-22-14-6-3-12(4-7-14)10-17-18-15-8-5-13(11-16-15)19(20)21/h2-8,10-11H,1,9H2,(H,16,18)/b17-10+. The van der Waals surface area contributed by atoms with Crippen LogP contribution in [0, 0.1) is 10.1 Å². The molecule has 0 amide bonds. The summed E-state index contributed by atoms with van der Waals surface area (Å²) in [5.41, 5.74) is 3.51. The highest BCUT2D eigenvalue weighted by Gasteiger charge is 2.04. The van der Waals surface area contributed by atoms with E-state index in [0.717, 1.165) is 11.3 Å². The van der Waals surface area contributed by atoms with Crippen molar-refractivity contribution in [2.24, 2.45) is 5.10 Å². The molecule has 22 heavy (non-hydrogen) atoms. The fourth-order valence-electron chi connectivity index (χ4n) is 1.54. The number of nitrogens with zero attached hydrogens (tertiary/aromatic N) is 3. The van der Waals surface area contributed by atoms with Gasteiger partial charge in [0.2, 0.25) is 0 Å². The second-order valence-electron chi connectivity index (χ2n) is 4.20. The van der Waals surface area contributed by atoms with Crippen LogP contribution < -0.4 is 10.2 Å². The topological polar surface area (TPSA) is 89.6 Å². The van der Waals surface area contributed by atoms with Crippen LogP contribution in [-0.2, 0) is 0 Å². The van der Waals surface area contributed by atoms with E-state index in [-0.39, 0.29) is 5.69 Å². The first-order valence-corrected chi connectivity index (χ1v) is 6.42. The van der Waals surface area contributed by atoms with Crippen molar-refractivity contribution in [3.8, 4) is 5.75 Å². The summed E-state index contributed by atoms with van der Waals surface area (Å²) < 4.78 is 5.37. The number of hydrogen-bond acceptors (Lipinski definition) is 6. The van der Waals surface area contributed by atoms with Gasteiger partial charge in [0.05, 0.1) is 11.1 Å². The van der Waals surface area contributed by atoms with E-state index in [9.17, 15) is 10.1 Å². The molecule has 0 spiro atoms. The van der Waals surface area contributed by atoms with Gasteiger partial charge in [-0.25, -0.2) is 4.98 Å². The average molecular weight is 298 g/mol. The lowest BCUT2D eigenvalue weighted by atomic mass is 10.2. The highest BCUT2D eigenvalue weighted by atomic mass is 16.6. The number of benzene rings is 1. The highest BCUT2D eigenvalue weighted by molar-refractivity contribution is 5.80. The normalized spacial score (nSPS) is 10.4. The van der Waals surface area contributed by atoms with E-state index in [1.807, 2.05) is 24.3 Å². The van der Waals surface area contributed by atoms with Crippen LogP contribution >= 0.6 is 0 Å². The van der Waals surface area contributed by atoms with Gasteiger partial charge in [-0.15, -0.1) is 0 Å². The Morgan fingerprint density at radius 2 is 2.09 bits per heavy atom. The summed E-state index contributed by atoms with van der Waals surface area (Å²) in [4.78, 5) is 13.9. The van der Waals surface area contributed by atoms with Gasteiger partial charge in [0.25, 0.3) is 5.69 Å². The van der Waals surface area contributed by atoms with Crippen molar-refractivity contribution in [3.05, 3.63) is 70.9 Å². The van der Waals surface area contributed by atoms with Crippen LogP contribution in [0.2, 0.25) is 0 Å². The molecular weight excluding hydrogens is 284 g/mol. The zero-order chi connectivity index (χ0) is 15.8. The molecule has 2 rings (SSSR count). The number of rotatable bonds is 7. The zero-order valence-corrected chi connectivity index (χ0v) is 11.7. The molecule has 0 aliphatic rings. The van der Waals surface area contributed by atoms with Crippen molar-refractivity contribution in [2.45, 2.75) is 0 Å². The first-order chi connectivity index (χ1) is 10.7. The van der Waals surface area contributed by atoms with Gasteiger partial charge in [-0.05, 0) is 35.9 Å². The smallest absolute Gasteiger partial charge is 0.287 e. The molecule has 0 aliphatic carbocycles. The number of pyridine rings is 1. The van der Waals surface area contributed by atoms with Gasteiger partial charge in [-0.1, -0.05) is 12.7 Å². The Morgan fingerprint density at radius 1 is 1.32 bits per heavy atom. The van der Waals surface area contributed by atoms with E-state index in [0.29, 0.717) is 12.4 Å². The number of ether oxygens (including phenoxy) is 1. The Balaban J connectivity index is 1.91. The fourth-order valence-corrected chi connectivity index (χ4v) is 1.54. The highest BCUT2D eigenvalue weighted by Crippen LogP contribution is 2.12. The molecule has 1 N–H and O–H groups in total. The van der Waals surface area contributed by atoms with Crippen LogP contribution in [0.3, 0.4) is 0 Å². The van der Waals surface area contributed by atoms with Crippen molar-refractivity contribution < 1.29 is 9.66 Å². The third-order valence-corrected chi connectivity index (χ3v) is 2.60. The van der Waals surface area contributed by atoms with E-state index in [4.69, 9.17) is 4.74 Å². The van der Waals surface area contributed by atoms with Gasteiger partial charge in [-0.2, -0.15) is 5.10 Å². The van der Waals surface area contributed by atoms with Crippen LogP contribution in [0.1, 0.15) is 5.56 Å². The number of hydrogen-bond donors (Lipinski definition) is 1. The summed E-state index contributed by atoms with van der Waals surface area (Å²) in [5, 5.41) is 14.5. The first-order valence-electron chi connectivity index (χ1n) is 6.42. The summed E-state index contributed by atoms with van der Waals surface area (Å²) in [6.07, 6.45) is 4.46. The predicted octanol–water partition coefficient (Wildman–Crippen LogP) is 3.00. The summed E-state index contributed by atoms with van der Waals surface area (Å²) in [5.74, 6) is 1.18. The van der Waals surface area contributed by atoms with E-state index < -0.39 is 4.92 Å². The number of aromatic nitrogens is 1. The summed E-state index contributed by atoms with van der Waals surface area (Å²) in [6.45, 7) is 4.04. The number of anilines is 1. The molecule has 7 nitrogen and oxygen atoms in total. The maximum Gasteiger partial charge on any atom is 0.287 e. The molecule has 112 valence electrons. The maximum absolute atomic E-state index is 10.5. The van der Waals surface area contributed by atoms with Crippen molar-refractivity contribution >= 4 is 17.7 Å². The third-order valence-electron chi connectivity index (χ3n) is 2.60. The predicted molar refractivity (Wildman–Crippen MR) is 84.2 cm³/mol. The second-order valence-corrected chi connectivity index (χ2v) is 4.20. The minimum atomic E-state index is -0.504. The van der Waals surface area contributed by atoms with Crippen molar-refractivity contribution in [3.63, 3.8) is 0 Å². The lowest BCUT2D eigenvalue weighted by molar-refractivity contribution is -0.385. The fraction of sp³-hybridized carbons (Fsp3) is 0.0667. The van der Waals surface area contributed by atoms with Gasteiger partial charge < -0.3 is 4.74 Å². The van der Waals surface area contributed by atoms with E-state index in [1.54, 1.807) is 12.3 Å². The molecule has 0 fully saturated rings. The second kappa shape index (κ2) is 7.53. The molecule has 0 bridgehead atoms. The molecule has 1 aromatic heterocycles. The lowest BCUT2D eigenvalue weighted by Gasteiger charge is -2.02. The van der Waals surface area contributed by atoms with Crippen LogP contribution in [0.5, 0.6) is 5.75 Å². The molecule has 0 aliphatic heterocycles. The van der Waals surface area contributed by atoms with Gasteiger partial charge in [-0.3, -0.25) is 15.5 Å².